The summed E-state index contributed by atoms with van der Waals surface area (Å²) < 4.78 is 5.63. The maximum atomic E-state index is 12.9. The predicted octanol–water partition coefficient (Wildman–Crippen LogP) is 4.55. The lowest BCUT2D eigenvalue weighted by Gasteiger charge is -2.34. The number of hydrogen-bond acceptors (Lipinski definition) is 4. The molecule has 1 fully saturated rings. The van der Waals surface area contributed by atoms with E-state index in [1.54, 1.807) is 0 Å². The molecule has 0 radical (unpaired) electrons. The first kappa shape index (κ1) is 23.8. The Morgan fingerprint density at radius 2 is 1.71 bits per heavy atom. The average molecular weight is 465 g/mol. The lowest BCUT2D eigenvalue weighted by atomic mass is 9.98. The number of alkyl carbamates (subject to hydrolysis) is 1. The first-order chi connectivity index (χ1) is 16.5. The molecule has 2 aromatic carbocycles. The standard InChI is InChI=1S/C27H32N2O5/c1-2-9-18(16-25(30)29-15-8-7-14-24(29)26(31)32)28-27(33)34-17-23-21-12-5-3-10-19(21)20-11-4-6-13-22(20)23/h3-6,10-13,18,23-24H,2,7-9,14-17H2,1H3,(H,28,33)(H,31,32)/t18-,24?/m1/s1. The van der Waals surface area contributed by atoms with Gasteiger partial charge >= 0.3 is 12.1 Å². The summed E-state index contributed by atoms with van der Waals surface area (Å²) >= 11 is 0. The van der Waals surface area contributed by atoms with Crippen molar-refractivity contribution in [2.24, 2.45) is 0 Å². The Hall–Kier alpha value is -3.35. The molecule has 1 saturated heterocycles. The number of piperidine rings is 1. The second-order valence-electron chi connectivity index (χ2n) is 9.10. The monoisotopic (exact) mass is 464 g/mol. The summed E-state index contributed by atoms with van der Waals surface area (Å²) in [7, 11) is 0. The normalized spacial score (nSPS) is 18.0. The third kappa shape index (κ3) is 5.08. The van der Waals surface area contributed by atoms with Crippen molar-refractivity contribution < 1.29 is 24.2 Å². The zero-order valence-electron chi connectivity index (χ0n) is 19.5. The summed E-state index contributed by atoms with van der Waals surface area (Å²) in [6.07, 6.45) is 2.99. The van der Waals surface area contributed by atoms with Gasteiger partial charge in [0.15, 0.2) is 0 Å². The summed E-state index contributed by atoms with van der Waals surface area (Å²) in [6, 6.07) is 15.1. The number of rotatable bonds is 8. The molecule has 180 valence electrons. The highest BCUT2D eigenvalue weighted by molar-refractivity contribution is 5.84. The molecule has 2 aliphatic rings. The van der Waals surface area contributed by atoms with Crippen molar-refractivity contribution in [3.8, 4) is 11.1 Å². The fourth-order valence-electron chi connectivity index (χ4n) is 5.20. The topological polar surface area (TPSA) is 95.9 Å². The van der Waals surface area contributed by atoms with E-state index in [-0.39, 0.29) is 24.9 Å². The molecule has 7 nitrogen and oxygen atoms in total. The van der Waals surface area contributed by atoms with Crippen LogP contribution >= 0.6 is 0 Å². The summed E-state index contributed by atoms with van der Waals surface area (Å²) in [5.41, 5.74) is 4.61. The van der Waals surface area contributed by atoms with E-state index in [4.69, 9.17) is 4.74 Å². The number of carboxylic acids is 1. The molecule has 0 aromatic heterocycles. The van der Waals surface area contributed by atoms with Crippen LogP contribution in [0.1, 0.15) is 62.5 Å². The molecule has 2 N–H and O–H groups in total. The Morgan fingerprint density at radius 3 is 2.32 bits per heavy atom. The van der Waals surface area contributed by atoms with E-state index < -0.39 is 24.1 Å². The van der Waals surface area contributed by atoms with Gasteiger partial charge in [-0.15, -0.1) is 0 Å². The van der Waals surface area contributed by atoms with E-state index >= 15 is 0 Å². The highest BCUT2D eigenvalue weighted by Gasteiger charge is 2.33. The summed E-state index contributed by atoms with van der Waals surface area (Å²) in [6.45, 7) is 2.64. The van der Waals surface area contributed by atoms with Crippen LogP contribution in [0.2, 0.25) is 0 Å². The van der Waals surface area contributed by atoms with Gasteiger partial charge < -0.3 is 20.1 Å². The largest absolute Gasteiger partial charge is 0.480 e. The third-order valence-corrected chi connectivity index (χ3v) is 6.83. The quantitative estimate of drug-likeness (QED) is 0.598. The first-order valence-electron chi connectivity index (χ1n) is 12.1. The van der Waals surface area contributed by atoms with Crippen molar-refractivity contribution in [1.29, 1.82) is 0 Å². The molecular formula is C27H32N2O5. The van der Waals surface area contributed by atoms with Gasteiger partial charge in [0.1, 0.15) is 12.6 Å². The van der Waals surface area contributed by atoms with Crippen LogP contribution in [0.4, 0.5) is 4.79 Å². The van der Waals surface area contributed by atoms with E-state index in [1.165, 1.54) is 4.90 Å². The van der Waals surface area contributed by atoms with Crippen LogP contribution in [-0.4, -0.2) is 53.2 Å². The van der Waals surface area contributed by atoms with Gasteiger partial charge in [0.05, 0.1) is 0 Å². The molecule has 1 heterocycles. The number of carboxylic acid groups (broad SMARTS) is 1. The van der Waals surface area contributed by atoms with Crippen LogP contribution in [0.5, 0.6) is 0 Å². The summed E-state index contributed by atoms with van der Waals surface area (Å²) in [5, 5.41) is 12.3. The van der Waals surface area contributed by atoms with Crippen LogP contribution in [0.25, 0.3) is 11.1 Å². The van der Waals surface area contributed by atoms with Gasteiger partial charge in [0, 0.05) is 24.9 Å². The minimum Gasteiger partial charge on any atom is -0.480 e. The molecule has 2 aromatic rings. The number of fused-ring (bicyclic) bond motifs is 3. The van der Waals surface area contributed by atoms with E-state index in [0.29, 0.717) is 19.4 Å². The zero-order valence-corrected chi connectivity index (χ0v) is 19.5. The number of ether oxygens (including phenoxy) is 1. The Morgan fingerprint density at radius 1 is 1.06 bits per heavy atom. The van der Waals surface area contributed by atoms with Crippen molar-refractivity contribution >= 4 is 18.0 Å². The number of likely N-dealkylation sites (tertiary alicyclic amines) is 1. The molecular weight excluding hydrogens is 432 g/mol. The highest BCUT2D eigenvalue weighted by Crippen LogP contribution is 2.44. The molecule has 2 atom stereocenters. The average Bonchev–Trinajstić information content (AvgIpc) is 3.16. The smallest absolute Gasteiger partial charge is 0.407 e. The summed E-state index contributed by atoms with van der Waals surface area (Å²) in [4.78, 5) is 38.6. The second kappa shape index (κ2) is 10.7. The van der Waals surface area contributed by atoms with E-state index in [9.17, 15) is 19.5 Å². The Balaban J connectivity index is 1.37. The Kier molecular flexibility index (Phi) is 7.50. The van der Waals surface area contributed by atoms with E-state index in [2.05, 4.69) is 29.6 Å². The SMILES string of the molecule is CCC[C@H](CC(=O)N1CCCCC1C(=O)O)NC(=O)OCC1c2ccccc2-c2ccccc21. The second-order valence-corrected chi connectivity index (χ2v) is 9.10. The molecule has 1 unspecified atom stereocenters. The van der Waals surface area contributed by atoms with Gasteiger partial charge in [-0.2, -0.15) is 0 Å². The minimum absolute atomic E-state index is 0.0333. The highest BCUT2D eigenvalue weighted by atomic mass is 16.5. The number of benzene rings is 2. The van der Waals surface area contributed by atoms with Crippen LogP contribution in [0, 0.1) is 0 Å². The molecule has 1 aliphatic heterocycles. The number of nitrogens with one attached hydrogen (secondary N) is 1. The molecule has 0 spiro atoms. The molecule has 0 saturated carbocycles. The number of amides is 2. The molecule has 2 amide bonds. The van der Waals surface area contributed by atoms with Crippen LogP contribution < -0.4 is 5.32 Å². The molecule has 0 bridgehead atoms. The Bertz CT molecular complexity index is 1010. The molecule has 4 rings (SSSR count). The Labute approximate surface area is 200 Å². The maximum absolute atomic E-state index is 12.9. The molecule has 7 heteroatoms. The lowest BCUT2D eigenvalue weighted by molar-refractivity contribution is -0.152. The molecule has 34 heavy (non-hydrogen) atoms. The summed E-state index contributed by atoms with van der Waals surface area (Å²) in [5.74, 6) is -1.23. The van der Waals surface area contributed by atoms with Gasteiger partial charge in [0.2, 0.25) is 5.91 Å². The third-order valence-electron chi connectivity index (χ3n) is 6.83. The van der Waals surface area contributed by atoms with Gasteiger partial charge in [-0.1, -0.05) is 61.9 Å². The minimum atomic E-state index is -0.968. The fraction of sp³-hybridized carbons (Fsp3) is 0.444. The van der Waals surface area contributed by atoms with Crippen molar-refractivity contribution in [3.05, 3.63) is 59.7 Å². The number of carbonyl (C=O) groups excluding carboxylic acids is 2. The van der Waals surface area contributed by atoms with Crippen LogP contribution in [0.3, 0.4) is 0 Å². The van der Waals surface area contributed by atoms with Crippen molar-refractivity contribution in [2.75, 3.05) is 13.2 Å². The van der Waals surface area contributed by atoms with Gasteiger partial charge in [0.25, 0.3) is 0 Å². The van der Waals surface area contributed by atoms with E-state index in [1.807, 2.05) is 31.2 Å². The van der Waals surface area contributed by atoms with E-state index in [0.717, 1.165) is 41.5 Å². The van der Waals surface area contributed by atoms with Gasteiger partial charge in [-0.25, -0.2) is 9.59 Å². The zero-order chi connectivity index (χ0) is 24.1. The first-order valence-corrected chi connectivity index (χ1v) is 12.1. The van der Waals surface area contributed by atoms with Crippen molar-refractivity contribution in [2.45, 2.75) is 63.5 Å². The lowest BCUT2D eigenvalue weighted by Crippen LogP contribution is -2.50. The number of hydrogen-bond donors (Lipinski definition) is 2. The number of aliphatic carboxylic acids is 1. The van der Waals surface area contributed by atoms with Crippen LogP contribution in [0.15, 0.2) is 48.5 Å². The van der Waals surface area contributed by atoms with Crippen molar-refractivity contribution in [1.82, 2.24) is 10.2 Å². The number of nitrogens with zero attached hydrogens (tertiary/aromatic N) is 1. The fourth-order valence-corrected chi connectivity index (χ4v) is 5.20. The number of carbonyl (C=O) groups is 3. The molecule has 1 aliphatic carbocycles. The maximum Gasteiger partial charge on any atom is 0.407 e. The van der Waals surface area contributed by atoms with Gasteiger partial charge in [-0.05, 0) is 47.9 Å². The predicted molar refractivity (Wildman–Crippen MR) is 129 cm³/mol. The van der Waals surface area contributed by atoms with Gasteiger partial charge in [-0.3, -0.25) is 4.79 Å². The van der Waals surface area contributed by atoms with Crippen molar-refractivity contribution in [3.63, 3.8) is 0 Å². The van der Waals surface area contributed by atoms with Crippen LogP contribution in [-0.2, 0) is 14.3 Å².